The number of carbonyl (C=O) groups is 2. The van der Waals surface area contributed by atoms with E-state index in [1.165, 1.54) is 0 Å². The van der Waals surface area contributed by atoms with E-state index in [0.29, 0.717) is 19.5 Å². The molecule has 0 saturated carbocycles. The van der Waals surface area contributed by atoms with Crippen LogP contribution in [0.5, 0.6) is 11.5 Å². The van der Waals surface area contributed by atoms with Gasteiger partial charge >= 0.3 is 0 Å². The second-order valence-corrected chi connectivity index (χ2v) is 6.85. The summed E-state index contributed by atoms with van der Waals surface area (Å²) in [5, 5.41) is 0. The monoisotopic (exact) mass is 366 g/mol. The lowest BCUT2D eigenvalue weighted by atomic mass is 9.90. The van der Waals surface area contributed by atoms with Crippen molar-refractivity contribution in [2.24, 2.45) is 0 Å². The summed E-state index contributed by atoms with van der Waals surface area (Å²) in [6.45, 7) is 0.911. The van der Waals surface area contributed by atoms with Gasteiger partial charge in [-0.25, -0.2) is 0 Å². The molecule has 0 spiro atoms. The minimum atomic E-state index is -0.497. The number of ether oxygens (including phenoxy) is 2. The molecule has 1 unspecified atom stereocenters. The first-order valence-corrected chi connectivity index (χ1v) is 8.97. The second kappa shape index (κ2) is 6.95. The van der Waals surface area contributed by atoms with Crippen molar-refractivity contribution in [1.29, 1.82) is 0 Å². The lowest BCUT2D eigenvalue weighted by molar-refractivity contribution is -0.157. The Balaban J connectivity index is 1.65. The fourth-order valence-electron chi connectivity index (χ4n) is 3.98. The molecule has 2 aromatic carbocycles. The maximum Gasteiger partial charge on any atom is 0.246 e. The number of fused-ring (bicyclic) bond motifs is 2. The second-order valence-electron chi connectivity index (χ2n) is 6.85. The molecule has 0 aliphatic carbocycles. The lowest BCUT2D eigenvalue weighted by Crippen LogP contribution is -2.61. The molecule has 4 rings (SSSR count). The maximum absolute atomic E-state index is 13.1. The number of carbonyl (C=O) groups excluding carboxylic acids is 2. The highest BCUT2D eigenvalue weighted by atomic mass is 16.5. The van der Waals surface area contributed by atoms with Crippen molar-refractivity contribution < 1.29 is 19.1 Å². The average Bonchev–Trinajstić information content (AvgIpc) is 2.70. The van der Waals surface area contributed by atoms with E-state index in [4.69, 9.17) is 9.47 Å². The van der Waals surface area contributed by atoms with Crippen LogP contribution in [0.25, 0.3) is 0 Å². The summed E-state index contributed by atoms with van der Waals surface area (Å²) in [4.78, 5) is 29.3. The molecule has 140 valence electrons. The van der Waals surface area contributed by atoms with Gasteiger partial charge in [-0.3, -0.25) is 9.59 Å². The van der Waals surface area contributed by atoms with Crippen LogP contribution in [0.1, 0.15) is 16.7 Å². The van der Waals surface area contributed by atoms with Gasteiger partial charge in [0.2, 0.25) is 11.8 Å². The van der Waals surface area contributed by atoms with Crippen molar-refractivity contribution in [1.82, 2.24) is 9.80 Å². The number of piperazine rings is 1. The summed E-state index contributed by atoms with van der Waals surface area (Å²) in [5.74, 6) is 1.39. The molecule has 2 aromatic rings. The molecule has 27 heavy (non-hydrogen) atoms. The van der Waals surface area contributed by atoms with Gasteiger partial charge < -0.3 is 19.3 Å². The largest absolute Gasteiger partial charge is 0.496 e. The van der Waals surface area contributed by atoms with Crippen LogP contribution in [-0.4, -0.2) is 48.4 Å². The number of nitrogens with zero attached hydrogens (tertiary/aromatic N) is 2. The van der Waals surface area contributed by atoms with Gasteiger partial charge in [-0.15, -0.1) is 0 Å². The lowest BCUT2D eigenvalue weighted by Gasteiger charge is -2.43. The molecular weight excluding hydrogens is 344 g/mol. The van der Waals surface area contributed by atoms with Crippen LogP contribution >= 0.6 is 0 Å². The smallest absolute Gasteiger partial charge is 0.246 e. The van der Waals surface area contributed by atoms with E-state index in [1.807, 2.05) is 42.5 Å². The van der Waals surface area contributed by atoms with Crippen molar-refractivity contribution in [3.05, 3.63) is 59.2 Å². The van der Waals surface area contributed by atoms with E-state index in [2.05, 4.69) is 0 Å². The first-order chi connectivity index (χ1) is 13.1. The molecule has 1 atom stereocenters. The molecule has 2 aliphatic heterocycles. The molecule has 0 bridgehead atoms. The van der Waals surface area contributed by atoms with E-state index in [-0.39, 0.29) is 18.4 Å². The van der Waals surface area contributed by atoms with Gasteiger partial charge in [-0.1, -0.05) is 30.3 Å². The Morgan fingerprint density at radius 2 is 1.59 bits per heavy atom. The summed E-state index contributed by atoms with van der Waals surface area (Å²) in [6, 6.07) is 12.9. The minimum absolute atomic E-state index is 0.0195. The van der Waals surface area contributed by atoms with Crippen LogP contribution < -0.4 is 9.47 Å². The molecule has 0 N–H and O–H groups in total. The fraction of sp³-hybridized carbons (Fsp3) is 0.333. The summed E-state index contributed by atoms with van der Waals surface area (Å²) in [7, 11) is 3.23. The Bertz CT molecular complexity index is 881. The van der Waals surface area contributed by atoms with Gasteiger partial charge in [0, 0.05) is 24.1 Å². The van der Waals surface area contributed by atoms with Gasteiger partial charge in [0.15, 0.2) is 0 Å². The molecule has 2 aliphatic rings. The predicted octanol–water partition coefficient (Wildman–Crippen LogP) is 2.00. The average molecular weight is 366 g/mol. The zero-order chi connectivity index (χ0) is 19.0. The SMILES string of the molecule is COc1ccc(OC)c2c1CC1C(=O)N(Cc3ccccc3)CC(=O)N1C2. The van der Waals surface area contributed by atoms with E-state index in [0.717, 1.165) is 28.2 Å². The van der Waals surface area contributed by atoms with Crippen molar-refractivity contribution in [2.45, 2.75) is 25.6 Å². The maximum atomic E-state index is 13.1. The highest BCUT2D eigenvalue weighted by Gasteiger charge is 2.43. The van der Waals surface area contributed by atoms with Gasteiger partial charge in [-0.2, -0.15) is 0 Å². The van der Waals surface area contributed by atoms with Crippen LogP contribution in [-0.2, 0) is 29.1 Å². The van der Waals surface area contributed by atoms with Crippen molar-refractivity contribution in [3.63, 3.8) is 0 Å². The summed E-state index contributed by atoms with van der Waals surface area (Å²) >= 11 is 0. The zero-order valence-corrected chi connectivity index (χ0v) is 15.5. The molecular formula is C21H22N2O4. The molecule has 0 aromatic heterocycles. The van der Waals surface area contributed by atoms with Gasteiger partial charge in [0.25, 0.3) is 0 Å². The number of rotatable bonds is 4. The molecule has 2 amide bonds. The molecule has 6 nitrogen and oxygen atoms in total. The highest BCUT2D eigenvalue weighted by molar-refractivity contribution is 5.95. The summed E-state index contributed by atoms with van der Waals surface area (Å²) in [6.07, 6.45) is 0.436. The standard InChI is InChI=1S/C21H22N2O4/c1-26-18-8-9-19(27-2)16-12-23-17(10-15(16)18)21(25)22(13-20(23)24)11-14-6-4-3-5-7-14/h3-9,17H,10-13H2,1-2H3. The van der Waals surface area contributed by atoms with Gasteiger partial charge in [-0.05, 0) is 17.7 Å². The van der Waals surface area contributed by atoms with E-state index >= 15 is 0 Å². The normalized spacial score (nSPS) is 18.8. The fourth-order valence-corrected chi connectivity index (χ4v) is 3.98. The van der Waals surface area contributed by atoms with Crippen LogP contribution in [0.2, 0.25) is 0 Å². The zero-order valence-electron chi connectivity index (χ0n) is 15.5. The van der Waals surface area contributed by atoms with Gasteiger partial charge in [0.05, 0.1) is 20.8 Å². The number of hydrogen-bond acceptors (Lipinski definition) is 4. The Hall–Kier alpha value is -3.02. The third-order valence-corrected chi connectivity index (χ3v) is 5.35. The van der Waals surface area contributed by atoms with Crippen LogP contribution in [0.3, 0.4) is 0 Å². The first kappa shape index (κ1) is 17.4. The summed E-state index contributed by atoms with van der Waals surface area (Å²) in [5.41, 5.74) is 2.88. The minimum Gasteiger partial charge on any atom is -0.496 e. The van der Waals surface area contributed by atoms with E-state index < -0.39 is 6.04 Å². The first-order valence-electron chi connectivity index (χ1n) is 8.97. The Labute approximate surface area is 158 Å². The molecule has 0 radical (unpaired) electrons. The third-order valence-electron chi connectivity index (χ3n) is 5.35. The van der Waals surface area contributed by atoms with Gasteiger partial charge in [0.1, 0.15) is 24.1 Å². The van der Waals surface area contributed by atoms with Crippen LogP contribution in [0.15, 0.2) is 42.5 Å². The highest BCUT2D eigenvalue weighted by Crippen LogP contribution is 2.38. The molecule has 2 heterocycles. The third kappa shape index (κ3) is 3.01. The van der Waals surface area contributed by atoms with Crippen LogP contribution in [0, 0.1) is 0 Å². The summed E-state index contributed by atoms with van der Waals surface area (Å²) < 4.78 is 11.0. The Morgan fingerprint density at radius 3 is 2.26 bits per heavy atom. The molecule has 1 saturated heterocycles. The molecule has 6 heteroatoms. The number of methoxy groups -OCH3 is 2. The topological polar surface area (TPSA) is 59.1 Å². The predicted molar refractivity (Wildman–Crippen MR) is 99.4 cm³/mol. The molecule has 1 fully saturated rings. The number of benzene rings is 2. The Kier molecular flexibility index (Phi) is 4.48. The van der Waals surface area contributed by atoms with Crippen molar-refractivity contribution in [3.8, 4) is 11.5 Å². The Morgan fingerprint density at radius 1 is 0.926 bits per heavy atom. The van der Waals surface area contributed by atoms with E-state index in [9.17, 15) is 9.59 Å². The van der Waals surface area contributed by atoms with E-state index in [1.54, 1.807) is 24.0 Å². The number of hydrogen-bond donors (Lipinski definition) is 0. The number of amides is 2. The van der Waals surface area contributed by atoms with Crippen molar-refractivity contribution in [2.75, 3.05) is 20.8 Å². The van der Waals surface area contributed by atoms with Crippen LogP contribution in [0.4, 0.5) is 0 Å². The quantitative estimate of drug-likeness (QED) is 0.831. The van der Waals surface area contributed by atoms with Crippen molar-refractivity contribution >= 4 is 11.8 Å².